The summed E-state index contributed by atoms with van der Waals surface area (Å²) in [5.74, 6) is -0.0577. The molecule has 0 fully saturated rings. The summed E-state index contributed by atoms with van der Waals surface area (Å²) in [5.41, 5.74) is 2.65. The third-order valence-electron chi connectivity index (χ3n) is 3.34. The average molecular weight is 309 g/mol. The molecule has 4 nitrogen and oxygen atoms in total. The fourth-order valence-electron chi connectivity index (χ4n) is 2.22. The number of aromatic nitrogens is 2. The first-order valence-electron chi connectivity index (χ1n) is 6.93. The normalized spacial score (nSPS) is 10.4. The van der Waals surface area contributed by atoms with E-state index in [1.54, 1.807) is 11.9 Å². The van der Waals surface area contributed by atoms with Crippen molar-refractivity contribution in [2.24, 2.45) is 0 Å². The highest BCUT2D eigenvalue weighted by Gasteiger charge is 2.21. The van der Waals surface area contributed by atoms with Gasteiger partial charge in [0.2, 0.25) is 0 Å². The molecule has 1 amide bonds. The zero-order chi connectivity index (χ0) is 15.4. The lowest BCUT2D eigenvalue weighted by Gasteiger charge is -2.16. The lowest BCUT2D eigenvalue weighted by Crippen LogP contribution is -2.25. The molecule has 0 N–H and O–H groups in total. The Morgan fingerprint density at radius 2 is 1.68 bits per heavy atom. The highest BCUT2D eigenvalue weighted by Crippen LogP contribution is 2.25. The number of benzene rings is 2. The second-order valence-corrected chi connectivity index (χ2v) is 5.72. The monoisotopic (exact) mass is 309 g/mol. The minimum atomic E-state index is -0.0577. The number of hydrogen-bond donors (Lipinski definition) is 0. The molecular weight excluding hydrogens is 294 g/mol. The number of carbonyl (C=O) groups excluding carboxylic acids is 1. The minimum absolute atomic E-state index is 0.0577. The first-order chi connectivity index (χ1) is 10.8. The van der Waals surface area contributed by atoms with Crippen LogP contribution in [0.15, 0.2) is 60.7 Å². The van der Waals surface area contributed by atoms with Gasteiger partial charge < -0.3 is 4.90 Å². The SMILES string of the molecule is CN(Cc1ccccc1)C(=O)c1snnc1-c1ccccc1. The van der Waals surface area contributed by atoms with E-state index in [2.05, 4.69) is 9.59 Å². The maximum atomic E-state index is 12.7. The van der Waals surface area contributed by atoms with Gasteiger partial charge in [0, 0.05) is 19.2 Å². The van der Waals surface area contributed by atoms with Crippen LogP contribution >= 0.6 is 11.5 Å². The van der Waals surface area contributed by atoms with E-state index in [-0.39, 0.29) is 5.91 Å². The van der Waals surface area contributed by atoms with Gasteiger partial charge in [-0.15, -0.1) is 5.10 Å². The van der Waals surface area contributed by atoms with E-state index in [0.717, 1.165) is 22.7 Å². The van der Waals surface area contributed by atoms with Crippen LogP contribution in [0.1, 0.15) is 15.2 Å². The summed E-state index contributed by atoms with van der Waals surface area (Å²) in [6, 6.07) is 19.6. The second-order valence-electron chi connectivity index (χ2n) is 4.96. The van der Waals surface area contributed by atoms with Crippen LogP contribution in [-0.4, -0.2) is 27.4 Å². The van der Waals surface area contributed by atoms with Crippen molar-refractivity contribution >= 4 is 17.4 Å². The van der Waals surface area contributed by atoms with Crippen molar-refractivity contribution in [2.75, 3.05) is 7.05 Å². The van der Waals surface area contributed by atoms with Crippen molar-refractivity contribution in [3.63, 3.8) is 0 Å². The average Bonchev–Trinajstić information content (AvgIpc) is 3.05. The van der Waals surface area contributed by atoms with Crippen LogP contribution in [-0.2, 0) is 6.54 Å². The van der Waals surface area contributed by atoms with E-state index in [1.165, 1.54) is 0 Å². The molecule has 3 rings (SSSR count). The Morgan fingerprint density at radius 1 is 1.05 bits per heavy atom. The summed E-state index contributed by atoms with van der Waals surface area (Å²) in [4.78, 5) is 14.9. The smallest absolute Gasteiger partial charge is 0.267 e. The van der Waals surface area contributed by atoms with Gasteiger partial charge >= 0.3 is 0 Å². The molecule has 0 radical (unpaired) electrons. The van der Waals surface area contributed by atoms with Crippen LogP contribution in [0.25, 0.3) is 11.3 Å². The van der Waals surface area contributed by atoms with Gasteiger partial charge in [-0.05, 0) is 17.1 Å². The minimum Gasteiger partial charge on any atom is -0.337 e. The fraction of sp³-hybridized carbons (Fsp3) is 0.118. The van der Waals surface area contributed by atoms with Gasteiger partial charge in [0.15, 0.2) is 0 Å². The van der Waals surface area contributed by atoms with Crippen LogP contribution in [0.5, 0.6) is 0 Å². The standard InChI is InChI=1S/C17H15N3OS/c1-20(12-13-8-4-2-5-9-13)17(21)16-15(18-19-22-16)14-10-6-3-7-11-14/h2-11H,12H2,1H3. The van der Waals surface area contributed by atoms with Gasteiger partial charge in [0.05, 0.1) is 0 Å². The maximum Gasteiger partial charge on any atom is 0.267 e. The van der Waals surface area contributed by atoms with Gasteiger partial charge in [0.25, 0.3) is 5.91 Å². The van der Waals surface area contributed by atoms with E-state index < -0.39 is 0 Å². The molecule has 0 atom stereocenters. The molecular formula is C17H15N3OS. The molecule has 0 spiro atoms. The van der Waals surface area contributed by atoms with Crippen LogP contribution in [0.4, 0.5) is 0 Å². The highest BCUT2D eigenvalue weighted by atomic mass is 32.1. The molecule has 1 aromatic heterocycles. The summed E-state index contributed by atoms with van der Waals surface area (Å²) in [5, 5.41) is 4.12. The van der Waals surface area contributed by atoms with E-state index in [1.807, 2.05) is 60.7 Å². The molecule has 0 saturated carbocycles. The Morgan fingerprint density at radius 3 is 2.36 bits per heavy atom. The van der Waals surface area contributed by atoms with Crippen molar-refractivity contribution in [3.05, 3.63) is 71.1 Å². The summed E-state index contributed by atoms with van der Waals surface area (Å²) < 4.78 is 3.95. The molecule has 0 aliphatic carbocycles. The third-order valence-corrected chi connectivity index (χ3v) is 4.05. The quantitative estimate of drug-likeness (QED) is 0.741. The third kappa shape index (κ3) is 3.04. The van der Waals surface area contributed by atoms with Crippen LogP contribution in [0, 0.1) is 0 Å². The Hall–Kier alpha value is -2.53. The molecule has 22 heavy (non-hydrogen) atoms. The Bertz CT molecular complexity index is 756. The van der Waals surface area contributed by atoms with Gasteiger partial charge in [-0.1, -0.05) is 65.2 Å². The first-order valence-corrected chi connectivity index (χ1v) is 7.70. The predicted octanol–water partition coefficient (Wildman–Crippen LogP) is 3.48. The van der Waals surface area contributed by atoms with Crippen molar-refractivity contribution in [1.29, 1.82) is 0 Å². The molecule has 0 aliphatic heterocycles. The highest BCUT2D eigenvalue weighted by molar-refractivity contribution is 7.08. The van der Waals surface area contributed by atoms with E-state index in [0.29, 0.717) is 17.1 Å². The molecule has 0 saturated heterocycles. The fourth-order valence-corrected chi connectivity index (χ4v) is 2.90. The Balaban J connectivity index is 1.83. The first kappa shape index (κ1) is 14.4. The molecule has 2 aromatic carbocycles. The maximum absolute atomic E-state index is 12.7. The van der Waals surface area contributed by atoms with E-state index >= 15 is 0 Å². The van der Waals surface area contributed by atoms with E-state index in [9.17, 15) is 4.79 Å². The number of carbonyl (C=O) groups is 1. The lowest BCUT2D eigenvalue weighted by molar-refractivity contribution is 0.0790. The number of amides is 1. The molecule has 0 bridgehead atoms. The molecule has 110 valence electrons. The van der Waals surface area contributed by atoms with Crippen molar-refractivity contribution in [3.8, 4) is 11.3 Å². The number of nitrogens with zero attached hydrogens (tertiary/aromatic N) is 3. The molecule has 5 heteroatoms. The molecule has 3 aromatic rings. The number of rotatable bonds is 4. The van der Waals surface area contributed by atoms with Crippen LogP contribution in [0.2, 0.25) is 0 Å². The Kier molecular flexibility index (Phi) is 4.25. The van der Waals surface area contributed by atoms with Gasteiger partial charge in [0.1, 0.15) is 10.6 Å². The summed E-state index contributed by atoms with van der Waals surface area (Å²) in [6.45, 7) is 0.561. The summed E-state index contributed by atoms with van der Waals surface area (Å²) in [6.07, 6.45) is 0. The van der Waals surface area contributed by atoms with Crippen LogP contribution in [0.3, 0.4) is 0 Å². The largest absolute Gasteiger partial charge is 0.337 e. The summed E-state index contributed by atoms with van der Waals surface area (Å²) in [7, 11) is 1.80. The molecule has 0 unspecified atom stereocenters. The van der Waals surface area contributed by atoms with E-state index in [4.69, 9.17) is 0 Å². The predicted molar refractivity (Wildman–Crippen MR) is 87.6 cm³/mol. The molecule has 0 aliphatic rings. The van der Waals surface area contributed by atoms with Crippen molar-refractivity contribution in [1.82, 2.24) is 14.5 Å². The summed E-state index contributed by atoms with van der Waals surface area (Å²) >= 11 is 1.14. The molecule has 1 heterocycles. The Labute approximate surface area is 133 Å². The zero-order valence-electron chi connectivity index (χ0n) is 12.1. The number of hydrogen-bond acceptors (Lipinski definition) is 4. The second kappa shape index (κ2) is 6.49. The van der Waals surface area contributed by atoms with Gasteiger partial charge in [-0.2, -0.15) is 0 Å². The van der Waals surface area contributed by atoms with Crippen molar-refractivity contribution < 1.29 is 4.79 Å². The van der Waals surface area contributed by atoms with Crippen LogP contribution < -0.4 is 0 Å². The lowest BCUT2D eigenvalue weighted by atomic mass is 10.1. The topological polar surface area (TPSA) is 46.1 Å². The van der Waals surface area contributed by atoms with Crippen molar-refractivity contribution in [2.45, 2.75) is 6.54 Å². The van der Waals surface area contributed by atoms with Gasteiger partial charge in [-0.3, -0.25) is 4.79 Å². The van der Waals surface area contributed by atoms with Gasteiger partial charge in [-0.25, -0.2) is 0 Å². The zero-order valence-corrected chi connectivity index (χ0v) is 13.0.